The monoisotopic (exact) mass is 1330 g/mol. The molecule has 0 heterocycles. The van der Waals surface area contributed by atoms with Crippen LogP contribution < -0.4 is 0 Å². The van der Waals surface area contributed by atoms with E-state index >= 15 is 0 Å². The number of allylic oxidation sites excluding steroid dienone is 4. The maximum Gasteiger partial charge on any atom is 0.472 e. The van der Waals surface area contributed by atoms with Gasteiger partial charge in [0.1, 0.15) is 19.3 Å². The molecule has 0 spiro atoms. The van der Waals surface area contributed by atoms with E-state index in [-0.39, 0.29) is 25.7 Å². The van der Waals surface area contributed by atoms with Gasteiger partial charge in [-0.1, -0.05) is 285 Å². The van der Waals surface area contributed by atoms with Crippen LogP contribution in [0.15, 0.2) is 24.3 Å². The predicted molar refractivity (Wildman–Crippen MR) is 367 cm³/mol. The third-order valence-electron chi connectivity index (χ3n) is 16.0. The van der Waals surface area contributed by atoms with Crippen molar-refractivity contribution in [3.8, 4) is 0 Å². The van der Waals surface area contributed by atoms with Crippen LogP contribution in [0.4, 0.5) is 0 Å². The zero-order valence-electron chi connectivity index (χ0n) is 58.8. The Bertz CT molecular complexity index is 1880. The van der Waals surface area contributed by atoms with Crippen LogP contribution in [0.3, 0.4) is 0 Å². The summed E-state index contributed by atoms with van der Waals surface area (Å²) in [7, 11) is -9.92. The molecule has 0 aliphatic rings. The van der Waals surface area contributed by atoms with Crippen LogP contribution in [-0.2, 0) is 65.4 Å². The summed E-state index contributed by atoms with van der Waals surface area (Å²) in [6, 6.07) is 0. The fourth-order valence-corrected chi connectivity index (χ4v) is 11.9. The van der Waals surface area contributed by atoms with Gasteiger partial charge in [0, 0.05) is 25.7 Å². The Morgan fingerprint density at radius 2 is 0.593 bits per heavy atom. The van der Waals surface area contributed by atoms with Crippen molar-refractivity contribution in [2.75, 3.05) is 39.6 Å². The molecule has 5 atom stereocenters. The second-order valence-corrected chi connectivity index (χ2v) is 29.6. The van der Waals surface area contributed by atoms with Gasteiger partial charge in [-0.15, -0.1) is 0 Å². The molecule has 0 radical (unpaired) electrons. The van der Waals surface area contributed by atoms with Gasteiger partial charge in [-0.05, 0) is 69.1 Å². The first-order valence-corrected chi connectivity index (χ1v) is 39.7. The number of hydrogen-bond acceptors (Lipinski definition) is 15. The number of esters is 4. The highest BCUT2D eigenvalue weighted by atomic mass is 31.2. The second-order valence-electron chi connectivity index (χ2n) is 26.7. The highest BCUT2D eigenvalue weighted by Gasteiger charge is 2.30. The number of ether oxygens (including phenoxy) is 4. The fourth-order valence-electron chi connectivity index (χ4n) is 10.4. The molecular weight excluding hydrogens is 1200 g/mol. The van der Waals surface area contributed by atoms with Gasteiger partial charge < -0.3 is 33.8 Å². The lowest BCUT2D eigenvalue weighted by atomic mass is 10.0. The SMILES string of the molecule is CCCCCC/C=C\C=C/CCCCCCCC(=O)OC[C@H](COP(=O)(O)OCC(O)COP(=O)(O)OC[C@@H](COC(=O)CCCCCCCCCCC(C)C)OC(=O)CCCCCCCCCC(C)C)OC(=O)CCCCCCCCCCCCCCC(C)C. The van der Waals surface area contributed by atoms with Crippen LogP contribution in [-0.4, -0.2) is 96.7 Å². The quantitative estimate of drug-likeness (QED) is 0.0169. The van der Waals surface area contributed by atoms with E-state index in [1.165, 1.54) is 128 Å². The number of phosphoric acid groups is 2. The fraction of sp³-hybridized carbons (Fsp3) is 0.889. The lowest BCUT2D eigenvalue weighted by Crippen LogP contribution is -2.30. The van der Waals surface area contributed by atoms with E-state index in [0.29, 0.717) is 31.6 Å². The second kappa shape index (κ2) is 62.4. The molecule has 536 valence electrons. The average molecular weight is 1340 g/mol. The Balaban J connectivity index is 5.28. The summed E-state index contributed by atoms with van der Waals surface area (Å²) in [6.45, 7) is 11.7. The number of hydrogen-bond donors (Lipinski definition) is 3. The summed E-state index contributed by atoms with van der Waals surface area (Å²) in [5.74, 6) is 0.0363. The topological polar surface area (TPSA) is 237 Å². The highest BCUT2D eigenvalue weighted by Crippen LogP contribution is 2.45. The van der Waals surface area contributed by atoms with Crippen molar-refractivity contribution in [1.82, 2.24) is 0 Å². The van der Waals surface area contributed by atoms with E-state index in [2.05, 4.69) is 72.8 Å². The molecule has 0 aromatic heterocycles. The molecule has 0 aliphatic carbocycles. The predicted octanol–water partition coefficient (Wildman–Crippen LogP) is 20.2. The van der Waals surface area contributed by atoms with Gasteiger partial charge in [0.15, 0.2) is 12.2 Å². The van der Waals surface area contributed by atoms with Crippen LogP contribution in [0.2, 0.25) is 0 Å². The molecule has 0 amide bonds. The molecule has 0 rings (SSSR count). The summed E-state index contributed by atoms with van der Waals surface area (Å²) in [5.41, 5.74) is 0. The van der Waals surface area contributed by atoms with Crippen LogP contribution in [0, 0.1) is 17.8 Å². The van der Waals surface area contributed by atoms with Crippen LogP contribution >= 0.6 is 15.6 Å². The minimum Gasteiger partial charge on any atom is -0.462 e. The molecule has 0 aromatic rings. The summed E-state index contributed by atoms with van der Waals surface area (Å²) in [6.07, 6.45) is 49.5. The Hall–Kier alpha value is -2.46. The highest BCUT2D eigenvalue weighted by molar-refractivity contribution is 7.47. The van der Waals surface area contributed by atoms with E-state index in [1.807, 2.05) is 0 Å². The standard InChI is InChI=1S/C72H136O17P2/c1-8-9-10-11-12-13-14-15-16-17-21-24-32-39-46-53-69(74)82-59-67(88-71(76)55-48-41-34-25-22-19-18-20-23-29-36-43-50-63(2)3)61-86-90(78,79)84-57-66(73)58-85-91(80,81)87-62-68(89-72(77)56-49-42-35-28-31-38-45-52-65(6)7)60-83-70(75)54-47-40-33-27-26-30-37-44-51-64(4)5/h13-16,63-68,73H,8-12,17-62H2,1-7H3,(H,78,79)(H,80,81)/b14-13-,16-15-/t66?,67-,68-/m1/s1. The Morgan fingerprint density at radius 3 is 0.890 bits per heavy atom. The van der Waals surface area contributed by atoms with Crippen LogP contribution in [0.25, 0.3) is 0 Å². The number of aliphatic hydroxyl groups is 1. The number of carbonyl (C=O) groups is 4. The third kappa shape index (κ3) is 66.0. The minimum absolute atomic E-state index is 0.0994. The molecule has 0 aromatic carbocycles. The molecule has 0 saturated carbocycles. The van der Waals surface area contributed by atoms with Crippen molar-refractivity contribution < 1.29 is 80.2 Å². The first-order chi connectivity index (χ1) is 43.7. The number of carbonyl (C=O) groups excluding carboxylic acids is 4. The first kappa shape index (κ1) is 88.5. The largest absolute Gasteiger partial charge is 0.472 e. The molecule has 91 heavy (non-hydrogen) atoms. The van der Waals surface area contributed by atoms with Gasteiger partial charge in [-0.25, -0.2) is 9.13 Å². The molecule has 3 N–H and O–H groups in total. The van der Waals surface area contributed by atoms with Gasteiger partial charge in [0.25, 0.3) is 0 Å². The van der Waals surface area contributed by atoms with Gasteiger partial charge in [-0.2, -0.15) is 0 Å². The maximum atomic E-state index is 13.0. The molecule has 0 bridgehead atoms. The molecule has 17 nitrogen and oxygen atoms in total. The van der Waals surface area contributed by atoms with Crippen molar-refractivity contribution >= 4 is 39.5 Å². The Labute approximate surface area is 554 Å². The summed E-state index contributed by atoms with van der Waals surface area (Å²) in [4.78, 5) is 72.6. The minimum atomic E-state index is -4.96. The Kier molecular flexibility index (Phi) is 60.7. The molecule has 0 aliphatic heterocycles. The van der Waals surface area contributed by atoms with E-state index in [9.17, 15) is 43.2 Å². The lowest BCUT2D eigenvalue weighted by Gasteiger charge is -2.21. The zero-order chi connectivity index (χ0) is 67.3. The summed E-state index contributed by atoms with van der Waals surface area (Å²) >= 11 is 0. The first-order valence-electron chi connectivity index (χ1n) is 36.7. The van der Waals surface area contributed by atoms with Crippen molar-refractivity contribution in [3.05, 3.63) is 24.3 Å². The molecule has 19 heteroatoms. The van der Waals surface area contributed by atoms with Crippen molar-refractivity contribution in [2.45, 2.75) is 356 Å². The number of unbranched alkanes of at least 4 members (excludes halogenated alkanes) is 33. The lowest BCUT2D eigenvalue weighted by molar-refractivity contribution is -0.161. The average Bonchev–Trinajstić information content (AvgIpc) is 3.70. The summed E-state index contributed by atoms with van der Waals surface area (Å²) in [5, 5.41) is 10.6. The third-order valence-corrected chi connectivity index (χ3v) is 17.9. The van der Waals surface area contributed by atoms with E-state index in [1.54, 1.807) is 0 Å². The van der Waals surface area contributed by atoms with E-state index in [0.717, 1.165) is 121 Å². The maximum absolute atomic E-state index is 13.0. The van der Waals surface area contributed by atoms with E-state index < -0.39 is 97.5 Å². The molecular formula is C72H136O17P2. The summed E-state index contributed by atoms with van der Waals surface area (Å²) < 4.78 is 68.3. The molecule has 0 saturated heterocycles. The van der Waals surface area contributed by atoms with E-state index in [4.69, 9.17) is 37.0 Å². The van der Waals surface area contributed by atoms with Gasteiger partial charge >= 0.3 is 39.5 Å². The zero-order valence-corrected chi connectivity index (χ0v) is 60.6. The normalized spacial score (nSPS) is 14.3. The van der Waals surface area contributed by atoms with Gasteiger partial charge in [-0.3, -0.25) is 37.3 Å². The molecule has 3 unspecified atom stereocenters. The van der Waals surface area contributed by atoms with Crippen LogP contribution in [0.5, 0.6) is 0 Å². The molecule has 0 fully saturated rings. The smallest absolute Gasteiger partial charge is 0.462 e. The Morgan fingerprint density at radius 1 is 0.341 bits per heavy atom. The van der Waals surface area contributed by atoms with Crippen LogP contribution in [0.1, 0.15) is 337 Å². The van der Waals surface area contributed by atoms with Gasteiger partial charge in [0.05, 0.1) is 26.4 Å². The number of phosphoric ester groups is 2. The van der Waals surface area contributed by atoms with Crippen molar-refractivity contribution in [3.63, 3.8) is 0 Å². The van der Waals surface area contributed by atoms with Crippen molar-refractivity contribution in [2.24, 2.45) is 17.8 Å². The number of rotatable bonds is 68. The number of aliphatic hydroxyl groups excluding tert-OH is 1. The van der Waals surface area contributed by atoms with Gasteiger partial charge in [0.2, 0.25) is 0 Å². The van der Waals surface area contributed by atoms with Crippen molar-refractivity contribution in [1.29, 1.82) is 0 Å².